The second-order valence-electron chi connectivity index (χ2n) is 9.39. The fraction of sp³-hybridized carbons (Fsp3) is 0.517. The Morgan fingerprint density at radius 3 is 2.17 bits per heavy atom. The molecule has 0 saturated heterocycles. The molecule has 6 nitrogen and oxygen atoms in total. The molecule has 3 rings (SSSR count). The summed E-state index contributed by atoms with van der Waals surface area (Å²) in [6.45, 7) is 5.00. The molecule has 0 amide bonds. The molecule has 6 heteroatoms. The largest absolute Gasteiger partial charge is 0.493 e. The Morgan fingerprint density at radius 1 is 0.943 bits per heavy atom. The first-order chi connectivity index (χ1) is 16.9. The van der Waals surface area contributed by atoms with Crippen LogP contribution in [-0.2, 0) is 11.8 Å². The van der Waals surface area contributed by atoms with E-state index >= 15 is 0 Å². The number of aliphatic imine (C=N–C) groups is 1. The second-order valence-corrected chi connectivity index (χ2v) is 9.39. The summed E-state index contributed by atoms with van der Waals surface area (Å²) in [6.07, 6.45) is 4.72. The van der Waals surface area contributed by atoms with Crippen molar-refractivity contribution in [1.82, 2.24) is 0 Å². The van der Waals surface area contributed by atoms with Crippen LogP contribution in [0.3, 0.4) is 0 Å². The van der Waals surface area contributed by atoms with Gasteiger partial charge in [0.15, 0.2) is 23.0 Å². The van der Waals surface area contributed by atoms with Crippen molar-refractivity contribution in [2.24, 2.45) is 16.8 Å². The molecule has 0 radical (unpaired) electrons. The highest BCUT2D eigenvalue weighted by atomic mass is 16.5. The molecule has 1 fully saturated rings. The molecular formula is C29H38N2O4. The van der Waals surface area contributed by atoms with Gasteiger partial charge in [-0.1, -0.05) is 26.0 Å². The predicted molar refractivity (Wildman–Crippen MR) is 139 cm³/mol. The molecule has 2 aromatic carbocycles. The maximum Gasteiger partial charge on any atom is 0.161 e. The van der Waals surface area contributed by atoms with E-state index in [-0.39, 0.29) is 11.8 Å². The van der Waals surface area contributed by atoms with Crippen molar-refractivity contribution in [1.29, 1.82) is 5.26 Å². The zero-order valence-corrected chi connectivity index (χ0v) is 21.9. The standard InChI is InChI=1S/C29H38N2O4/c1-20(2)29(19-30,23-11-13-26(33-4)28(18-23)35-6)22-8-7-9-24(17-22)31-15-14-21-10-12-25(32-3)27(16-21)34-5/h10-13,16,18,20,22H,7-9,14-15,17H2,1-6H3/t22-,29-/m0/s1. The third-order valence-corrected chi connectivity index (χ3v) is 7.28. The summed E-state index contributed by atoms with van der Waals surface area (Å²) in [6, 6.07) is 14.6. The minimum absolute atomic E-state index is 0.140. The van der Waals surface area contributed by atoms with Crippen LogP contribution in [0.25, 0.3) is 0 Å². The number of rotatable bonds is 10. The molecular weight excluding hydrogens is 440 g/mol. The number of benzene rings is 2. The average molecular weight is 479 g/mol. The van der Waals surface area contributed by atoms with E-state index in [2.05, 4.69) is 26.0 Å². The van der Waals surface area contributed by atoms with Crippen molar-refractivity contribution in [2.45, 2.75) is 51.4 Å². The van der Waals surface area contributed by atoms with Crippen LogP contribution in [0, 0.1) is 23.2 Å². The zero-order chi connectivity index (χ0) is 25.4. The molecule has 0 aliphatic heterocycles. The van der Waals surface area contributed by atoms with Gasteiger partial charge >= 0.3 is 0 Å². The number of methoxy groups -OCH3 is 4. The molecule has 0 bridgehead atoms. The summed E-state index contributed by atoms with van der Waals surface area (Å²) in [7, 11) is 6.56. The lowest BCUT2D eigenvalue weighted by Gasteiger charge is -2.41. The van der Waals surface area contributed by atoms with Crippen molar-refractivity contribution in [3.8, 4) is 29.1 Å². The summed E-state index contributed by atoms with van der Waals surface area (Å²) in [5.74, 6) is 3.13. The third-order valence-electron chi connectivity index (χ3n) is 7.28. The summed E-state index contributed by atoms with van der Waals surface area (Å²) in [5, 5.41) is 10.6. The molecule has 1 aliphatic carbocycles. The van der Waals surface area contributed by atoms with Gasteiger partial charge in [-0.3, -0.25) is 4.99 Å². The molecule has 0 heterocycles. The quantitative estimate of drug-likeness (QED) is 0.418. The minimum Gasteiger partial charge on any atom is -0.493 e. The number of ether oxygens (including phenoxy) is 4. The predicted octanol–water partition coefficient (Wildman–Crippen LogP) is 6.01. The Kier molecular flexibility index (Phi) is 9.03. The van der Waals surface area contributed by atoms with Gasteiger partial charge in [0.25, 0.3) is 0 Å². The Balaban J connectivity index is 1.81. The van der Waals surface area contributed by atoms with Crippen LogP contribution in [-0.4, -0.2) is 40.7 Å². The molecule has 35 heavy (non-hydrogen) atoms. The number of nitriles is 1. The van der Waals surface area contributed by atoms with E-state index < -0.39 is 5.41 Å². The molecule has 1 aliphatic rings. The molecule has 2 aromatic rings. The first kappa shape index (κ1) is 26.4. The van der Waals surface area contributed by atoms with Crippen LogP contribution in [0.1, 0.15) is 50.7 Å². The van der Waals surface area contributed by atoms with Gasteiger partial charge in [0.2, 0.25) is 0 Å². The number of hydrogen-bond donors (Lipinski definition) is 0. The van der Waals surface area contributed by atoms with Gasteiger partial charge < -0.3 is 18.9 Å². The van der Waals surface area contributed by atoms with E-state index in [0.29, 0.717) is 11.5 Å². The van der Waals surface area contributed by atoms with Crippen LogP contribution >= 0.6 is 0 Å². The zero-order valence-electron chi connectivity index (χ0n) is 21.9. The molecule has 0 N–H and O–H groups in total. The van der Waals surface area contributed by atoms with Crippen LogP contribution in [0.4, 0.5) is 0 Å². The van der Waals surface area contributed by atoms with Gasteiger partial charge in [0.05, 0.1) is 39.9 Å². The minimum atomic E-state index is -0.621. The number of hydrogen-bond acceptors (Lipinski definition) is 6. The molecule has 1 saturated carbocycles. The Morgan fingerprint density at radius 2 is 1.57 bits per heavy atom. The lowest BCUT2D eigenvalue weighted by molar-refractivity contribution is 0.237. The lowest BCUT2D eigenvalue weighted by Crippen LogP contribution is -2.41. The van der Waals surface area contributed by atoms with E-state index in [1.165, 1.54) is 11.3 Å². The van der Waals surface area contributed by atoms with E-state index in [9.17, 15) is 5.26 Å². The van der Waals surface area contributed by atoms with Crippen molar-refractivity contribution in [3.63, 3.8) is 0 Å². The van der Waals surface area contributed by atoms with Crippen molar-refractivity contribution in [3.05, 3.63) is 47.5 Å². The smallest absolute Gasteiger partial charge is 0.161 e. The lowest BCUT2D eigenvalue weighted by atomic mass is 9.60. The molecule has 0 unspecified atom stereocenters. The van der Waals surface area contributed by atoms with E-state index in [1.54, 1.807) is 28.4 Å². The van der Waals surface area contributed by atoms with E-state index in [0.717, 1.165) is 55.7 Å². The summed E-state index contributed by atoms with van der Waals surface area (Å²) < 4.78 is 21.7. The van der Waals surface area contributed by atoms with Gasteiger partial charge in [-0.25, -0.2) is 0 Å². The van der Waals surface area contributed by atoms with Gasteiger partial charge in [-0.05, 0) is 79.3 Å². The van der Waals surface area contributed by atoms with Crippen molar-refractivity contribution in [2.75, 3.05) is 35.0 Å². The second kappa shape index (κ2) is 12.0. The van der Waals surface area contributed by atoms with Crippen LogP contribution in [0.5, 0.6) is 23.0 Å². The summed E-state index contributed by atoms with van der Waals surface area (Å²) >= 11 is 0. The highest BCUT2D eigenvalue weighted by Gasteiger charge is 2.45. The summed E-state index contributed by atoms with van der Waals surface area (Å²) in [4.78, 5) is 4.98. The molecule has 0 spiro atoms. The SMILES string of the molecule is COc1ccc(CCN=C2CCC[C@H]([C@@](C#N)(c3ccc(OC)c(OC)c3)C(C)C)C2)cc1OC. The molecule has 0 aromatic heterocycles. The van der Waals surface area contributed by atoms with Crippen molar-refractivity contribution >= 4 is 5.71 Å². The maximum atomic E-state index is 10.6. The van der Waals surface area contributed by atoms with Gasteiger partial charge in [0, 0.05) is 12.3 Å². The Bertz CT molecular complexity index is 1070. The average Bonchev–Trinajstić information content (AvgIpc) is 2.89. The normalized spacial score (nSPS) is 18.6. The molecule has 2 atom stereocenters. The van der Waals surface area contributed by atoms with Gasteiger partial charge in [-0.15, -0.1) is 0 Å². The fourth-order valence-corrected chi connectivity index (χ4v) is 5.37. The van der Waals surface area contributed by atoms with Crippen LogP contribution in [0.2, 0.25) is 0 Å². The van der Waals surface area contributed by atoms with E-state index in [1.807, 2.05) is 30.3 Å². The van der Waals surface area contributed by atoms with E-state index in [4.69, 9.17) is 23.9 Å². The van der Waals surface area contributed by atoms with Gasteiger partial charge in [-0.2, -0.15) is 5.26 Å². The Labute approximate surface area is 209 Å². The maximum absolute atomic E-state index is 10.6. The Hall–Kier alpha value is -3.20. The highest BCUT2D eigenvalue weighted by Crippen LogP contribution is 2.47. The topological polar surface area (TPSA) is 73.1 Å². The van der Waals surface area contributed by atoms with Crippen LogP contribution in [0.15, 0.2) is 41.4 Å². The first-order valence-electron chi connectivity index (χ1n) is 12.3. The van der Waals surface area contributed by atoms with Crippen LogP contribution < -0.4 is 18.9 Å². The first-order valence-corrected chi connectivity index (χ1v) is 12.3. The third kappa shape index (κ3) is 5.56. The van der Waals surface area contributed by atoms with Crippen molar-refractivity contribution < 1.29 is 18.9 Å². The molecule has 188 valence electrons. The summed E-state index contributed by atoms with van der Waals surface area (Å²) in [5.41, 5.74) is 2.74. The fourth-order valence-electron chi connectivity index (χ4n) is 5.37. The monoisotopic (exact) mass is 478 g/mol. The number of nitrogens with zero attached hydrogens (tertiary/aromatic N) is 2. The van der Waals surface area contributed by atoms with Gasteiger partial charge in [0.1, 0.15) is 0 Å². The highest BCUT2D eigenvalue weighted by molar-refractivity contribution is 5.85.